The summed E-state index contributed by atoms with van der Waals surface area (Å²) in [5, 5.41) is 0.426. The third-order valence-electron chi connectivity index (χ3n) is 2.05. The Kier molecular flexibility index (Phi) is 3.18. The van der Waals surface area contributed by atoms with Crippen LogP contribution >= 0.6 is 11.6 Å². The largest absolute Gasteiger partial charge is 0.260 e. The Morgan fingerprint density at radius 2 is 2.00 bits per heavy atom. The van der Waals surface area contributed by atoms with E-state index in [1.807, 2.05) is 0 Å². The van der Waals surface area contributed by atoms with Crippen molar-refractivity contribution in [2.24, 2.45) is 0 Å². The van der Waals surface area contributed by atoms with Gasteiger partial charge in [-0.05, 0) is 12.8 Å². The van der Waals surface area contributed by atoms with Crippen molar-refractivity contribution < 1.29 is 4.21 Å². The number of alkyl halides is 1. The molecule has 1 aliphatic rings. The second-order valence-electron chi connectivity index (χ2n) is 2.84. The molecule has 3 heteroatoms. The Labute approximate surface area is 69.6 Å². The molecule has 0 aromatic carbocycles. The van der Waals surface area contributed by atoms with Gasteiger partial charge in [-0.2, -0.15) is 0 Å². The topological polar surface area (TPSA) is 17.1 Å². The highest BCUT2D eigenvalue weighted by Crippen LogP contribution is 2.26. The van der Waals surface area contributed by atoms with Gasteiger partial charge in [0.25, 0.3) is 0 Å². The van der Waals surface area contributed by atoms with Gasteiger partial charge in [0.05, 0.1) is 5.25 Å². The van der Waals surface area contributed by atoms with E-state index in [2.05, 4.69) is 0 Å². The van der Waals surface area contributed by atoms with Crippen molar-refractivity contribution in [1.29, 1.82) is 0 Å². The number of hydrogen-bond acceptors (Lipinski definition) is 1. The van der Waals surface area contributed by atoms with Crippen LogP contribution < -0.4 is 0 Å². The summed E-state index contributed by atoms with van der Waals surface area (Å²) in [6, 6.07) is 0. The van der Waals surface area contributed by atoms with Crippen LogP contribution in [0, 0.1) is 0 Å². The van der Waals surface area contributed by atoms with Crippen molar-refractivity contribution in [1.82, 2.24) is 0 Å². The molecule has 0 bridgehead atoms. The molecule has 0 amide bonds. The third-order valence-corrected chi connectivity index (χ3v) is 4.14. The summed E-state index contributed by atoms with van der Waals surface area (Å²) in [5.74, 6) is 0. The number of halogens is 1. The van der Waals surface area contributed by atoms with Crippen LogP contribution in [0.25, 0.3) is 0 Å². The van der Waals surface area contributed by atoms with E-state index < -0.39 is 10.8 Å². The fraction of sp³-hybridized carbons (Fsp3) is 1.00. The van der Waals surface area contributed by atoms with Crippen molar-refractivity contribution >= 4 is 22.4 Å². The average Bonchev–Trinajstić information content (AvgIpc) is 1.88. The molecule has 60 valence electrons. The SMILES string of the molecule is CS(=O)[C@@H]1CCCC[C@H]1Cl. The van der Waals surface area contributed by atoms with Gasteiger partial charge in [-0.1, -0.05) is 12.8 Å². The summed E-state index contributed by atoms with van der Waals surface area (Å²) in [7, 11) is -0.714. The molecule has 1 fully saturated rings. The first kappa shape index (κ1) is 8.54. The standard InChI is InChI=1S/C7H13ClOS/c1-10(9)7-5-3-2-4-6(7)8/h6-7H,2-5H2,1H3/t6-,7-,10?/m1/s1. The van der Waals surface area contributed by atoms with E-state index >= 15 is 0 Å². The molecule has 0 spiro atoms. The highest BCUT2D eigenvalue weighted by atomic mass is 35.5. The summed E-state index contributed by atoms with van der Waals surface area (Å²) < 4.78 is 11.0. The summed E-state index contributed by atoms with van der Waals surface area (Å²) in [4.78, 5) is 0. The zero-order valence-electron chi connectivity index (χ0n) is 6.18. The van der Waals surface area contributed by atoms with E-state index in [0.717, 1.165) is 12.8 Å². The van der Waals surface area contributed by atoms with Gasteiger partial charge in [0.2, 0.25) is 0 Å². The molecule has 0 aromatic heterocycles. The molecule has 0 heterocycles. The van der Waals surface area contributed by atoms with Crippen molar-refractivity contribution in [2.45, 2.75) is 36.3 Å². The van der Waals surface area contributed by atoms with Crippen molar-refractivity contribution in [3.8, 4) is 0 Å². The Bertz CT molecular complexity index is 138. The summed E-state index contributed by atoms with van der Waals surface area (Å²) >= 11 is 5.98. The van der Waals surface area contributed by atoms with Crippen LogP contribution in [0.5, 0.6) is 0 Å². The van der Waals surface area contributed by atoms with Crippen LogP contribution in [0.3, 0.4) is 0 Å². The van der Waals surface area contributed by atoms with E-state index in [0.29, 0.717) is 0 Å². The number of rotatable bonds is 1. The fourth-order valence-electron chi connectivity index (χ4n) is 1.43. The Morgan fingerprint density at radius 1 is 1.40 bits per heavy atom. The molecule has 1 saturated carbocycles. The smallest absolute Gasteiger partial charge is 0.0508 e. The molecule has 0 aromatic rings. The molecule has 1 nitrogen and oxygen atoms in total. The van der Waals surface area contributed by atoms with Gasteiger partial charge in [0.1, 0.15) is 0 Å². The summed E-state index contributed by atoms with van der Waals surface area (Å²) in [6.45, 7) is 0. The lowest BCUT2D eigenvalue weighted by Crippen LogP contribution is -2.28. The minimum atomic E-state index is -0.714. The van der Waals surface area contributed by atoms with Gasteiger partial charge in [-0.25, -0.2) is 0 Å². The first-order valence-electron chi connectivity index (χ1n) is 3.68. The van der Waals surface area contributed by atoms with E-state index in [1.165, 1.54) is 12.8 Å². The second kappa shape index (κ2) is 3.72. The number of hydrogen-bond donors (Lipinski definition) is 0. The van der Waals surface area contributed by atoms with Gasteiger partial charge >= 0.3 is 0 Å². The molecule has 3 atom stereocenters. The molecule has 1 rings (SSSR count). The predicted octanol–water partition coefficient (Wildman–Crippen LogP) is 1.91. The lowest BCUT2D eigenvalue weighted by Gasteiger charge is -2.24. The zero-order chi connectivity index (χ0) is 7.56. The van der Waals surface area contributed by atoms with Crippen LogP contribution in [0.4, 0.5) is 0 Å². The van der Waals surface area contributed by atoms with Gasteiger partial charge in [0, 0.05) is 22.4 Å². The maximum Gasteiger partial charge on any atom is 0.0508 e. The van der Waals surface area contributed by atoms with E-state index in [1.54, 1.807) is 6.26 Å². The van der Waals surface area contributed by atoms with Crippen LogP contribution in [-0.4, -0.2) is 21.1 Å². The Morgan fingerprint density at radius 3 is 2.40 bits per heavy atom. The maximum atomic E-state index is 11.0. The molecule has 1 aliphatic carbocycles. The average molecular weight is 181 g/mol. The fourth-order valence-corrected chi connectivity index (χ4v) is 3.19. The monoisotopic (exact) mass is 180 g/mol. The summed E-state index contributed by atoms with van der Waals surface area (Å²) in [5.41, 5.74) is 0. The lowest BCUT2D eigenvalue weighted by atomic mass is 10.00. The molecule has 10 heavy (non-hydrogen) atoms. The molecule has 0 aliphatic heterocycles. The minimum absolute atomic E-state index is 0.166. The van der Waals surface area contributed by atoms with E-state index in [9.17, 15) is 4.21 Å². The first-order valence-corrected chi connectivity index (χ1v) is 5.74. The van der Waals surface area contributed by atoms with E-state index in [-0.39, 0.29) is 10.6 Å². The highest BCUT2D eigenvalue weighted by Gasteiger charge is 2.25. The van der Waals surface area contributed by atoms with Crippen LogP contribution in [-0.2, 0) is 10.8 Å². The lowest BCUT2D eigenvalue weighted by molar-refractivity contribution is 0.512. The molecular weight excluding hydrogens is 168 g/mol. The molecule has 0 radical (unpaired) electrons. The van der Waals surface area contributed by atoms with Crippen molar-refractivity contribution in [3.63, 3.8) is 0 Å². The van der Waals surface area contributed by atoms with Crippen LogP contribution in [0.1, 0.15) is 25.7 Å². The van der Waals surface area contributed by atoms with Crippen LogP contribution in [0.2, 0.25) is 0 Å². The van der Waals surface area contributed by atoms with Gasteiger partial charge < -0.3 is 0 Å². The molecular formula is C7H13ClOS. The maximum absolute atomic E-state index is 11.0. The third kappa shape index (κ3) is 1.96. The van der Waals surface area contributed by atoms with Gasteiger partial charge in [0.15, 0.2) is 0 Å². The predicted molar refractivity (Wildman–Crippen MR) is 46.0 cm³/mol. The molecule has 0 N–H and O–H groups in total. The van der Waals surface area contributed by atoms with Gasteiger partial charge in [-0.15, -0.1) is 11.6 Å². The summed E-state index contributed by atoms with van der Waals surface area (Å²) in [6.07, 6.45) is 6.27. The van der Waals surface area contributed by atoms with E-state index in [4.69, 9.17) is 11.6 Å². The van der Waals surface area contributed by atoms with Crippen LogP contribution in [0.15, 0.2) is 0 Å². The second-order valence-corrected chi connectivity index (χ2v) is 5.00. The first-order chi connectivity index (χ1) is 4.72. The highest BCUT2D eigenvalue weighted by molar-refractivity contribution is 7.85. The Hall–Kier alpha value is 0.440. The Balaban J connectivity index is 2.47. The van der Waals surface area contributed by atoms with Crippen molar-refractivity contribution in [3.05, 3.63) is 0 Å². The zero-order valence-corrected chi connectivity index (χ0v) is 7.75. The molecule has 1 unspecified atom stereocenters. The molecule has 0 saturated heterocycles. The minimum Gasteiger partial charge on any atom is -0.260 e. The van der Waals surface area contributed by atoms with Crippen molar-refractivity contribution in [2.75, 3.05) is 6.26 Å². The quantitative estimate of drug-likeness (QED) is 0.564. The van der Waals surface area contributed by atoms with Gasteiger partial charge in [-0.3, -0.25) is 4.21 Å². The normalized spacial score (nSPS) is 37.4.